The van der Waals surface area contributed by atoms with Gasteiger partial charge in [-0.25, -0.2) is 14.3 Å². The Morgan fingerprint density at radius 1 is 1.00 bits per heavy atom. The minimum absolute atomic E-state index is 0.0198. The van der Waals surface area contributed by atoms with Crippen LogP contribution in [0.15, 0.2) is 48.5 Å². The lowest BCUT2D eigenvalue weighted by Crippen LogP contribution is -2.61. The van der Waals surface area contributed by atoms with Crippen molar-refractivity contribution in [2.45, 2.75) is 31.6 Å². The zero-order valence-corrected chi connectivity index (χ0v) is 16.9. The Labute approximate surface area is 183 Å². The maximum atomic E-state index is 13.1. The van der Waals surface area contributed by atoms with E-state index in [1.165, 1.54) is 24.3 Å². The van der Waals surface area contributed by atoms with E-state index in [2.05, 4.69) is 23.7 Å². The third-order valence-corrected chi connectivity index (χ3v) is 4.43. The summed E-state index contributed by atoms with van der Waals surface area (Å²) in [5.74, 6) is 8.65. The van der Waals surface area contributed by atoms with Crippen LogP contribution >= 0.6 is 0 Å². The number of halogens is 2. The molecule has 0 bridgehead atoms. The van der Waals surface area contributed by atoms with E-state index < -0.39 is 29.9 Å². The zero-order valence-electron chi connectivity index (χ0n) is 16.9. The Balaban J connectivity index is 2.08. The first kappa shape index (κ1) is 24.5. The number of hydrogen-bond acceptors (Lipinski definition) is 5. The largest absolute Gasteiger partial charge is 0.392 e. The molecule has 2 aromatic rings. The number of amides is 2. The number of hydrogen-bond donors (Lipinski definition) is 5. The lowest BCUT2D eigenvalue weighted by atomic mass is 9.95. The van der Waals surface area contributed by atoms with E-state index >= 15 is 0 Å². The summed E-state index contributed by atoms with van der Waals surface area (Å²) in [4.78, 5) is 24.0. The molecule has 0 aromatic heterocycles. The molecule has 166 valence electrons. The summed E-state index contributed by atoms with van der Waals surface area (Å²) in [5, 5.41) is 29.6. The van der Waals surface area contributed by atoms with Gasteiger partial charge in [0.25, 0.3) is 18.2 Å². The molecule has 0 radical (unpaired) electrons. The highest BCUT2D eigenvalue weighted by atomic mass is 19.3. The minimum Gasteiger partial charge on any atom is -0.392 e. The van der Waals surface area contributed by atoms with Gasteiger partial charge in [0.05, 0.1) is 6.61 Å². The molecule has 5 N–H and O–H groups in total. The van der Waals surface area contributed by atoms with Crippen molar-refractivity contribution in [3.05, 3.63) is 70.8 Å². The quantitative estimate of drug-likeness (QED) is 0.262. The summed E-state index contributed by atoms with van der Waals surface area (Å²) in [7, 11) is 0. The number of alkyl halides is 2. The highest BCUT2D eigenvalue weighted by molar-refractivity contribution is 5.97. The Bertz CT molecular complexity index is 1080. The summed E-state index contributed by atoms with van der Waals surface area (Å²) in [6, 6.07) is 10.6. The van der Waals surface area contributed by atoms with Crippen LogP contribution in [0.25, 0.3) is 0 Å². The molecular weight excluding hydrogens is 422 g/mol. The molecule has 0 aliphatic carbocycles. The normalized spacial score (nSPS) is 13.0. The van der Waals surface area contributed by atoms with E-state index in [0.29, 0.717) is 12.5 Å². The number of benzene rings is 2. The standard InChI is InChI=1S/C23H20F2N2O5/c1-23(31,22(24)25)19(21(30)27-32)26-20(29)18-12-10-16(11-13-18)5-3-2-4-15-6-8-17(14-28)9-7-15/h6-13,19,22,28,31-32H,14H2,1H3,(H,26,29)(H,27,30). The topological polar surface area (TPSA) is 119 Å². The first-order chi connectivity index (χ1) is 15.2. The molecular formula is C23H20F2N2O5. The second kappa shape index (κ2) is 11.0. The molecule has 2 atom stereocenters. The van der Waals surface area contributed by atoms with Gasteiger partial charge in [-0.3, -0.25) is 14.8 Å². The highest BCUT2D eigenvalue weighted by Gasteiger charge is 2.46. The van der Waals surface area contributed by atoms with Gasteiger partial charge in [-0.05, 0) is 60.7 Å². The maximum absolute atomic E-state index is 13.1. The number of carbonyl (C=O) groups excluding carboxylic acids is 2. The molecule has 2 aromatic carbocycles. The first-order valence-electron chi connectivity index (χ1n) is 9.26. The summed E-state index contributed by atoms with van der Waals surface area (Å²) in [6.07, 6.45) is -3.36. The van der Waals surface area contributed by atoms with Gasteiger partial charge in [0.15, 0.2) is 5.60 Å². The Hall–Kier alpha value is -3.76. The van der Waals surface area contributed by atoms with Crippen LogP contribution in [0.1, 0.15) is 34.0 Å². The Morgan fingerprint density at radius 2 is 1.50 bits per heavy atom. The maximum Gasteiger partial charge on any atom is 0.269 e. The van der Waals surface area contributed by atoms with Crippen LogP contribution < -0.4 is 10.8 Å². The second-order valence-corrected chi connectivity index (χ2v) is 6.84. The summed E-state index contributed by atoms with van der Waals surface area (Å²) >= 11 is 0. The molecule has 2 unspecified atom stereocenters. The van der Waals surface area contributed by atoms with E-state index in [-0.39, 0.29) is 12.2 Å². The van der Waals surface area contributed by atoms with Gasteiger partial charge in [-0.2, -0.15) is 0 Å². The van der Waals surface area contributed by atoms with Crippen LogP contribution in [0.3, 0.4) is 0 Å². The molecule has 0 aliphatic rings. The van der Waals surface area contributed by atoms with Crippen molar-refractivity contribution < 1.29 is 33.8 Å². The number of aliphatic hydroxyl groups excluding tert-OH is 1. The van der Waals surface area contributed by atoms with Gasteiger partial charge in [0, 0.05) is 16.7 Å². The molecule has 0 spiro atoms. The molecule has 7 nitrogen and oxygen atoms in total. The highest BCUT2D eigenvalue weighted by Crippen LogP contribution is 2.20. The van der Waals surface area contributed by atoms with E-state index in [4.69, 9.17) is 10.3 Å². The van der Waals surface area contributed by atoms with Gasteiger partial charge in [0.2, 0.25) is 0 Å². The number of carbonyl (C=O) groups is 2. The average molecular weight is 442 g/mol. The van der Waals surface area contributed by atoms with Gasteiger partial charge < -0.3 is 15.5 Å². The molecule has 0 saturated carbocycles. The Kier molecular flexibility index (Phi) is 8.45. The van der Waals surface area contributed by atoms with E-state index in [9.17, 15) is 23.5 Å². The average Bonchev–Trinajstić information content (AvgIpc) is 2.80. The predicted octanol–water partition coefficient (Wildman–Crippen LogP) is 1.20. The number of aliphatic hydroxyl groups is 2. The fraction of sp³-hybridized carbons (Fsp3) is 0.217. The van der Waals surface area contributed by atoms with Crippen LogP contribution in [0, 0.1) is 23.7 Å². The number of hydroxylamine groups is 1. The predicted molar refractivity (Wildman–Crippen MR) is 110 cm³/mol. The van der Waals surface area contributed by atoms with Gasteiger partial charge in [0.1, 0.15) is 6.04 Å². The van der Waals surface area contributed by atoms with Crippen LogP contribution in [-0.4, -0.2) is 45.3 Å². The molecule has 2 rings (SSSR count). The van der Waals surface area contributed by atoms with Crippen molar-refractivity contribution in [1.29, 1.82) is 0 Å². The van der Waals surface area contributed by atoms with Crippen LogP contribution in [0.4, 0.5) is 8.78 Å². The van der Waals surface area contributed by atoms with E-state index in [1.807, 2.05) is 5.32 Å². The van der Waals surface area contributed by atoms with Gasteiger partial charge in [-0.15, -0.1) is 0 Å². The van der Waals surface area contributed by atoms with Crippen LogP contribution in [-0.2, 0) is 11.4 Å². The van der Waals surface area contributed by atoms with Gasteiger partial charge in [-0.1, -0.05) is 24.0 Å². The molecule has 2 amide bonds. The fourth-order valence-corrected chi connectivity index (χ4v) is 2.49. The SMILES string of the molecule is CC(O)(C(F)F)C(NC(=O)c1ccc(C#CC#Cc2ccc(CO)cc2)cc1)C(=O)NO. The van der Waals surface area contributed by atoms with Crippen molar-refractivity contribution in [3.63, 3.8) is 0 Å². The van der Waals surface area contributed by atoms with Crippen molar-refractivity contribution in [1.82, 2.24) is 10.8 Å². The van der Waals surface area contributed by atoms with Gasteiger partial charge >= 0.3 is 0 Å². The third kappa shape index (κ3) is 6.37. The van der Waals surface area contributed by atoms with E-state index in [1.54, 1.807) is 24.3 Å². The second-order valence-electron chi connectivity index (χ2n) is 6.84. The lowest BCUT2D eigenvalue weighted by Gasteiger charge is -2.30. The first-order valence-corrected chi connectivity index (χ1v) is 9.26. The van der Waals surface area contributed by atoms with Crippen LogP contribution in [0.2, 0.25) is 0 Å². The minimum atomic E-state index is -3.36. The van der Waals surface area contributed by atoms with Crippen molar-refractivity contribution in [3.8, 4) is 23.7 Å². The Morgan fingerprint density at radius 3 is 1.94 bits per heavy atom. The smallest absolute Gasteiger partial charge is 0.269 e. The summed E-state index contributed by atoms with van der Waals surface area (Å²) < 4.78 is 26.1. The molecule has 0 fully saturated rings. The number of nitrogens with one attached hydrogen (secondary N) is 2. The molecule has 0 aliphatic heterocycles. The third-order valence-electron chi connectivity index (χ3n) is 4.43. The number of rotatable bonds is 6. The van der Waals surface area contributed by atoms with Crippen LogP contribution in [0.5, 0.6) is 0 Å². The molecule has 0 heterocycles. The lowest BCUT2D eigenvalue weighted by molar-refractivity contribution is -0.149. The monoisotopic (exact) mass is 442 g/mol. The fourth-order valence-electron chi connectivity index (χ4n) is 2.49. The van der Waals surface area contributed by atoms with Crippen molar-refractivity contribution in [2.75, 3.05) is 0 Å². The zero-order chi connectivity index (χ0) is 23.7. The molecule has 0 saturated heterocycles. The summed E-state index contributed by atoms with van der Waals surface area (Å²) in [6.45, 7) is 0.612. The van der Waals surface area contributed by atoms with E-state index in [0.717, 1.165) is 16.6 Å². The van der Waals surface area contributed by atoms with Crippen molar-refractivity contribution >= 4 is 11.8 Å². The molecule has 32 heavy (non-hydrogen) atoms. The summed E-state index contributed by atoms with van der Waals surface area (Å²) in [5.41, 5.74) is 0.278. The van der Waals surface area contributed by atoms with Crippen molar-refractivity contribution in [2.24, 2.45) is 0 Å². The molecule has 9 heteroatoms.